The first kappa shape index (κ1) is 39.7. The van der Waals surface area contributed by atoms with Crippen LogP contribution in [0.25, 0.3) is 11.2 Å². The maximum absolute atomic E-state index is 13.0. The van der Waals surface area contributed by atoms with Crippen molar-refractivity contribution in [2.24, 2.45) is 5.92 Å². The number of aromatic amines is 1. The van der Waals surface area contributed by atoms with Gasteiger partial charge in [0.2, 0.25) is 11.9 Å². The van der Waals surface area contributed by atoms with Gasteiger partial charge < -0.3 is 28.0 Å². The van der Waals surface area contributed by atoms with Crippen molar-refractivity contribution in [2.45, 2.75) is 50.7 Å². The molecule has 2 N–H and O–H groups in total. The molecule has 1 fully saturated rings. The second-order valence-electron chi connectivity index (χ2n) is 13.2. The van der Waals surface area contributed by atoms with Crippen LogP contribution in [0.1, 0.15) is 49.6 Å². The summed E-state index contributed by atoms with van der Waals surface area (Å²) in [4.78, 5) is 37.0. The van der Waals surface area contributed by atoms with Crippen LogP contribution >= 0.6 is 6.49 Å². The summed E-state index contributed by atoms with van der Waals surface area (Å²) in [7, 11) is 3.23. The van der Waals surface area contributed by atoms with E-state index in [0.717, 1.165) is 16.7 Å². The molecule has 0 saturated carbocycles. The molecule has 14 nitrogen and oxygen atoms in total. The first-order valence-corrected chi connectivity index (χ1v) is 20.8. The molecule has 1 aliphatic rings. The number of carbonyl (C=O) groups is 1. The summed E-state index contributed by atoms with van der Waals surface area (Å²) in [6.45, 7) is 2.44. The molecule has 0 bridgehead atoms. The molecule has 1 saturated heterocycles. The Balaban J connectivity index is 1.41. The number of H-pyrrole nitrogens is 1. The predicted octanol–water partition coefficient (Wildman–Crippen LogP) is 6.28. The summed E-state index contributed by atoms with van der Waals surface area (Å²) in [5.74, 6) is 0.719. The molecule has 0 radical (unpaired) electrons. The van der Waals surface area contributed by atoms with E-state index in [1.54, 1.807) is 39.3 Å². The number of carbonyl (C=O) groups excluding carboxylic acids is 1. The third-order valence-electron chi connectivity index (χ3n) is 9.19. The van der Waals surface area contributed by atoms with Gasteiger partial charge in [0.1, 0.15) is 29.4 Å². The SMILES string of the molecule is COc1ccc(C(OC[C@H]2O[C@@H](n3cnc4c(=O)[nH]c(NC(=O)C(C)C)nc43)C[C@@H]2O[P@](C)(=S)OCCC#N)(c2ccccc2)c2ccc(OC)cc2)cc1. The molecule has 5 aromatic rings. The summed E-state index contributed by atoms with van der Waals surface area (Å²) in [5.41, 5.74) is 1.14. The Kier molecular flexibility index (Phi) is 12.5. The van der Waals surface area contributed by atoms with Gasteiger partial charge in [-0.3, -0.25) is 24.5 Å². The lowest BCUT2D eigenvalue weighted by Gasteiger charge is -2.37. The average Bonchev–Trinajstić information content (AvgIpc) is 3.79. The van der Waals surface area contributed by atoms with Gasteiger partial charge in [0.05, 0.1) is 52.4 Å². The predicted molar refractivity (Wildman–Crippen MR) is 210 cm³/mol. The molecule has 0 unspecified atom stereocenters. The molecule has 3 aromatic carbocycles. The van der Waals surface area contributed by atoms with Gasteiger partial charge in [-0.15, -0.1) is 0 Å². The molecule has 6 rings (SSSR count). The van der Waals surface area contributed by atoms with Gasteiger partial charge >= 0.3 is 0 Å². The Morgan fingerprint density at radius 1 is 1.05 bits per heavy atom. The van der Waals surface area contributed by atoms with Crippen LogP contribution in [-0.2, 0) is 40.7 Å². The van der Waals surface area contributed by atoms with E-state index in [0.29, 0.717) is 11.5 Å². The third kappa shape index (κ3) is 8.81. The van der Waals surface area contributed by atoms with Gasteiger partial charge in [-0.2, -0.15) is 10.2 Å². The molecule has 0 aliphatic carbocycles. The molecule has 4 atom stereocenters. The summed E-state index contributed by atoms with van der Waals surface area (Å²) >= 11 is 5.81. The molecule has 0 spiro atoms. The number of amides is 1. The molecule has 1 amide bonds. The highest BCUT2D eigenvalue weighted by Gasteiger charge is 2.44. The first-order chi connectivity index (χ1) is 26.5. The van der Waals surface area contributed by atoms with Gasteiger partial charge in [0, 0.05) is 19.0 Å². The Bertz CT molecular complexity index is 2190. The zero-order valence-electron chi connectivity index (χ0n) is 31.1. The van der Waals surface area contributed by atoms with E-state index < -0.39 is 36.1 Å². The second-order valence-corrected chi connectivity index (χ2v) is 17.2. The Morgan fingerprint density at radius 2 is 1.67 bits per heavy atom. The number of imidazole rings is 1. The largest absolute Gasteiger partial charge is 0.497 e. The minimum absolute atomic E-state index is 0.00906. The van der Waals surface area contributed by atoms with Crippen LogP contribution in [0.5, 0.6) is 11.5 Å². The third-order valence-corrected chi connectivity index (χ3v) is 11.1. The van der Waals surface area contributed by atoms with E-state index in [9.17, 15) is 9.59 Å². The minimum Gasteiger partial charge on any atom is -0.497 e. The van der Waals surface area contributed by atoms with Crippen molar-refractivity contribution in [3.8, 4) is 17.6 Å². The van der Waals surface area contributed by atoms with E-state index in [4.69, 9.17) is 45.1 Å². The van der Waals surface area contributed by atoms with E-state index in [-0.39, 0.29) is 55.0 Å². The lowest BCUT2D eigenvalue weighted by atomic mass is 9.80. The normalized spacial score (nSPS) is 18.2. The highest BCUT2D eigenvalue weighted by atomic mass is 32.5. The zero-order valence-corrected chi connectivity index (χ0v) is 32.8. The number of ether oxygens (including phenoxy) is 4. The minimum atomic E-state index is -2.88. The number of hydrogen-bond donors (Lipinski definition) is 2. The number of anilines is 1. The van der Waals surface area contributed by atoms with Gasteiger partial charge in [0.25, 0.3) is 5.56 Å². The molecule has 2 aromatic heterocycles. The van der Waals surface area contributed by atoms with Crippen molar-refractivity contribution in [1.29, 1.82) is 5.26 Å². The van der Waals surface area contributed by atoms with E-state index in [1.807, 2.05) is 78.9 Å². The van der Waals surface area contributed by atoms with E-state index in [1.165, 1.54) is 6.33 Å². The van der Waals surface area contributed by atoms with E-state index >= 15 is 0 Å². The van der Waals surface area contributed by atoms with Crippen LogP contribution < -0.4 is 20.3 Å². The molecule has 55 heavy (non-hydrogen) atoms. The van der Waals surface area contributed by atoms with Gasteiger partial charge in [-0.05, 0) is 52.8 Å². The monoisotopic (exact) mass is 786 g/mol. The standard InChI is InChI=1S/C39H43N6O8PS/c1-25(2)36(46)43-38-42-35-34(37(47)44-38)41-24-45(35)33-22-31(53-54(5,55)51-21-9-20-40)32(52-33)23-50-39(26-10-7-6-8-11-26,27-12-16-29(48-3)17-13-27)28-14-18-30(49-4)19-15-28/h6-8,10-19,24-25,31-33H,9,21-23H2,1-5H3,(H2,42,43,44,46,47)/t31-,32+,33+,54+/m0/s1. The second kappa shape index (κ2) is 17.2. The van der Waals surface area contributed by atoms with E-state index in [2.05, 4.69) is 26.3 Å². The lowest BCUT2D eigenvalue weighted by molar-refractivity contribution is -0.118. The molecule has 288 valence electrons. The fourth-order valence-electron chi connectivity index (χ4n) is 6.40. The summed E-state index contributed by atoms with van der Waals surface area (Å²) in [6, 6.07) is 27.3. The van der Waals surface area contributed by atoms with Crippen molar-refractivity contribution in [3.63, 3.8) is 0 Å². The summed E-state index contributed by atoms with van der Waals surface area (Å²) in [5, 5.41) is 11.8. The fraction of sp³-hybridized carbons (Fsp3) is 0.359. The number of nitrogens with zero attached hydrogens (tertiary/aromatic N) is 4. The van der Waals surface area contributed by atoms with Crippen molar-refractivity contribution in [2.75, 3.05) is 39.4 Å². The summed E-state index contributed by atoms with van der Waals surface area (Å²) in [6.07, 6.45) is -0.201. The van der Waals surface area contributed by atoms with Crippen molar-refractivity contribution in [1.82, 2.24) is 19.5 Å². The van der Waals surface area contributed by atoms with Crippen molar-refractivity contribution >= 4 is 41.3 Å². The smallest absolute Gasteiger partial charge is 0.280 e. The molecule has 3 heterocycles. The zero-order chi connectivity index (χ0) is 39.2. The fourth-order valence-corrected chi connectivity index (χ4v) is 8.16. The number of aromatic nitrogens is 4. The number of rotatable bonds is 16. The highest BCUT2D eigenvalue weighted by molar-refractivity contribution is 8.09. The number of fused-ring (bicyclic) bond motifs is 1. The van der Waals surface area contributed by atoms with Gasteiger partial charge in [-0.1, -0.05) is 68.4 Å². The topological polar surface area (TPSA) is 172 Å². The maximum Gasteiger partial charge on any atom is 0.280 e. The van der Waals surface area contributed by atoms with Crippen LogP contribution in [0.2, 0.25) is 0 Å². The Morgan fingerprint density at radius 3 is 2.25 bits per heavy atom. The van der Waals surface area contributed by atoms with Crippen LogP contribution in [0.15, 0.2) is 90.0 Å². The molecular formula is C39H43N6O8PS. The number of nitriles is 1. The van der Waals surface area contributed by atoms with Crippen molar-refractivity contribution in [3.05, 3.63) is 112 Å². The summed E-state index contributed by atoms with van der Waals surface area (Å²) < 4.78 is 39.0. The molecule has 16 heteroatoms. The number of hydrogen-bond acceptors (Lipinski definition) is 12. The van der Waals surface area contributed by atoms with Crippen LogP contribution in [0.3, 0.4) is 0 Å². The maximum atomic E-state index is 13.0. The van der Waals surface area contributed by atoms with Crippen LogP contribution in [-0.4, -0.2) is 71.7 Å². The van der Waals surface area contributed by atoms with Gasteiger partial charge in [0.15, 0.2) is 17.7 Å². The number of nitrogens with one attached hydrogen (secondary N) is 2. The lowest BCUT2D eigenvalue weighted by Crippen LogP contribution is -2.38. The van der Waals surface area contributed by atoms with Crippen molar-refractivity contribution < 1.29 is 32.8 Å². The highest BCUT2D eigenvalue weighted by Crippen LogP contribution is 2.50. The molecule has 1 aliphatic heterocycles. The van der Waals surface area contributed by atoms with Gasteiger partial charge in [-0.25, -0.2) is 4.98 Å². The van der Waals surface area contributed by atoms with Crippen LogP contribution in [0, 0.1) is 17.2 Å². The first-order valence-electron chi connectivity index (χ1n) is 17.7. The average molecular weight is 787 g/mol. The quantitative estimate of drug-likeness (QED) is 0.0653. The Labute approximate surface area is 323 Å². The Hall–Kier alpha value is -4.94. The van der Waals surface area contributed by atoms with Crippen LogP contribution in [0.4, 0.5) is 5.95 Å². The number of methoxy groups -OCH3 is 2. The molecular weight excluding hydrogens is 744 g/mol. The number of benzene rings is 3.